The Bertz CT molecular complexity index is 1650. The first-order valence-electron chi connectivity index (χ1n) is 12.3. The predicted octanol–water partition coefficient (Wildman–Crippen LogP) is 3.82. The summed E-state index contributed by atoms with van der Waals surface area (Å²) in [6, 6.07) is 6.42. The number of aromatic nitrogens is 6. The molecular formula is C26H29N7O3S. The number of aryl methyl sites for hydroxylation is 1. The highest BCUT2D eigenvalue weighted by Crippen LogP contribution is 2.43. The molecule has 1 atom stereocenters. The molecule has 0 amide bonds. The maximum atomic E-state index is 13.6. The van der Waals surface area contributed by atoms with Crippen LogP contribution in [0, 0.1) is 6.92 Å². The summed E-state index contributed by atoms with van der Waals surface area (Å²) in [5, 5.41) is 3.12. The van der Waals surface area contributed by atoms with E-state index in [1.165, 1.54) is 6.26 Å². The molecule has 0 saturated heterocycles. The number of hydrogen-bond donors (Lipinski definition) is 1. The number of fused-ring (bicyclic) bond motifs is 1. The molecule has 1 fully saturated rings. The van der Waals surface area contributed by atoms with Crippen LogP contribution in [0.3, 0.4) is 0 Å². The highest BCUT2D eigenvalue weighted by atomic mass is 32.2. The van der Waals surface area contributed by atoms with Crippen LogP contribution in [0.2, 0.25) is 0 Å². The number of anilines is 1. The molecule has 192 valence electrons. The summed E-state index contributed by atoms with van der Waals surface area (Å²) < 4.78 is 25.1. The molecule has 4 aromatic rings. The van der Waals surface area contributed by atoms with E-state index in [0.717, 1.165) is 41.8 Å². The van der Waals surface area contributed by atoms with E-state index < -0.39 is 9.84 Å². The molecule has 3 heterocycles. The van der Waals surface area contributed by atoms with Gasteiger partial charge in [-0.1, -0.05) is 19.1 Å². The summed E-state index contributed by atoms with van der Waals surface area (Å²) in [5.41, 5.74) is 4.11. The molecule has 1 aliphatic rings. The van der Waals surface area contributed by atoms with Gasteiger partial charge in [0.25, 0.3) is 5.56 Å². The molecule has 1 N–H and O–H groups in total. The Morgan fingerprint density at radius 3 is 2.49 bits per heavy atom. The van der Waals surface area contributed by atoms with Crippen LogP contribution in [0.25, 0.3) is 22.6 Å². The van der Waals surface area contributed by atoms with Gasteiger partial charge in [-0.2, -0.15) is 0 Å². The quantitative estimate of drug-likeness (QED) is 0.369. The summed E-state index contributed by atoms with van der Waals surface area (Å²) in [7, 11) is -3.27. The third-order valence-electron chi connectivity index (χ3n) is 6.73. The van der Waals surface area contributed by atoms with Crippen molar-refractivity contribution in [3.63, 3.8) is 0 Å². The number of benzene rings is 1. The van der Waals surface area contributed by atoms with Gasteiger partial charge in [-0.05, 0) is 50.8 Å². The average molecular weight is 520 g/mol. The molecule has 37 heavy (non-hydrogen) atoms. The molecule has 1 aliphatic carbocycles. The van der Waals surface area contributed by atoms with Crippen molar-refractivity contribution < 1.29 is 8.42 Å². The van der Waals surface area contributed by atoms with E-state index in [2.05, 4.69) is 25.3 Å². The Balaban J connectivity index is 1.55. The van der Waals surface area contributed by atoms with E-state index in [-0.39, 0.29) is 22.3 Å². The first kappa shape index (κ1) is 24.9. The highest BCUT2D eigenvalue weighted by molar-refractivity contribution is 7.90. The number of rotatable bonds is 8. The Morgan fingerprint density at radius 1 is 1.11 bits per heavy atom. The Morgan fingerprint density at radius 2 is 1.84 bits per heavy atom. The number of nitrogens with one attached hydrogen (secondary N) is 1. The topological polar surface area (TPSA) is 133 Å². The highest BCUT2D eigenvalue weighted by Gasteiger charge is 2.30. The van der Waals surface area contributed by atoms with Gasteiger partial charge in [0, 0.05) is 24.8 Å². The molecule has 1 aromatic carbocycles. The van der Waals surface area contributed by atoms with Crippen molar-refractivity contribution in [2.45, 2.75) is 63.4 Å². The molecule has 11 heteroatoms. The van der Waals surface area contributed by atoms with Crippen LogP contribution < -0.4 is 10.9 Å². The standard InChI is InChI=1S/C26H29N7O3S/c1-5-15(2)33-25-20(13-28-23(32-25)21-16(3)29-14-30-22(21)18-8-9-18)31-24(26(33)34)27-12-17-6-10-19(11-7-17)37(4,35)36/h6-7,10-11,13-15,18H,5,8-9,12H2,1-4H3,(H,27,31)/t15-/m1/s1. The summed E-state index contributed by atoms with van der Waals surface area (Å²) in [6.07, 6.45) is 7.29. The van der Waals surface area contributed by atoms with Gasteiger partial charge in [-0.15, -0.1) is 0 Å². The second-order valence-electron chi connectivity index (χ2n) is 9.56. The number of hydrogen-bond acceptors (Lipinski definition) is 9. The van der Waals surface area contributed by atoms with Crippen molar-refractivity contribution in [2.75, 3.05) is 11.6 Å². The van der Waals surface area contributed by atoms with E-state index in [0.29, 0.717) is 29.5 Å². The molecule has 0 bridgehead atoms. The predicted molar refractivity (Wildman–Crippen MR) is 141 cm³/mol. The van der Waals surface area contributed by atoms with E-state index in [9.17, 15) is 13.2 Å². The van der Waals surface area contributed by atoms with E-state index in [1.54, 1.807) is 41.4 Å². The van der Waals surface area contributed by atoms with Gasteiger partial charge in [0.1, 0.15) is 11.8 Å². The second kappa shape index (κ2) is 9.62. The fourth-order valence-corrected chi connectivity index (χ4v) is 4.93. The molecule has 5 rings (SSSR count). The smallest absolute Gasteiger partial charge is 0.295 e. The van der Waals surface area contributed by atoms with E-state index in [4.69, 9.17) is 4.98 Å². The summed E-state index contributed by atoms with van der Waals surface area (Å²) in [5.74, 6) is 1.08. The number of sulfone groups is 1. The molecule has 0 spiro atoms. The van der Waals surface area contributed by atoms with Crippen molar-refractivity contribution in [1.29, 1.82) is 0 Å². The zero-order valence-electron chi connectivity index (χ0n) is 21.3. The van der Waals surface area contributed by atoms with Crippen molar-refractivity contribution >= 4 is 26.8 Å². The molecule has 0 unspecified atom stereocenters. The maximum Gasteiger partial charge on any atom is 0.295 e. The van der Waals surface area contributed by atoms with Crippen molar-refractivity contribution in [2.24, 2.45) is 0 Å². The van der Waals surface area contributed by atoms with E-state index in [1.807, 2.05) is 20.8 Å². The van der Waals surface area contributed by atoms with Crippen molar-refractivity contribution in [3.05, 3.63) is 64.1 Å². The van der Waals surface area contributed by atoms with Crippen LogP contribution in [0.5, 0.6) is 0 Å². The van der Waals surface area contributed by atoms with Gasteiger partial charge in [0.2, 0.25) is 0 Å². The van der Waals surface area contributed by atoms with Crippen LogP contribution in [0.4, 0.5) is 5.82 Å². The SMILES string of the molecule is CC[C@@H](C)n1c(=O)c(NCc2ccc(S(C)(=O)=O)cc2)nc2cnc(-c3c(C)ncnc3C3CC3)nc21. The van der Waals surface area contributed by atoms with Gasteiger partial charge in [0.15, 0.2) is 27.1 Å². The third-order valence-corrected chi connectivity index (χ3v) is 7.86. The lowest BCUT2D eigenvalue weighted by Gasteiger charge is -2.18. The van der Waals surface area contributed by atoms with Crippen LogP contribution in [0.15, 0.2) is 46.5 Å². The zero-order chi connectivity index (χ0) is 26.3. The van der Waals surface area contributed by atoms with Gasteiger partial charge in [-0.25, -0.2) is 33.3 Å². The van der Waals surface area contributed by atoms with Crippen molar-refractivity contribution in [1.82, 2.24) is 29.5 Å². The van der Waals surface area contributed by atoms with Crippen LogP contribution in [-0.2, 0) is 16.4 Å². The maximum absolute atomic E-state index is 13.6. The second-order valence-corrected chi connectivity index (χ2v) is 11.6. The Hall–Kier alpha value is -3.73. The molecule has 0 radical (unpaired) electrons. The van der Waals surface area contributed by atoms with Crippen LogP contribution in [0.1, 0.15) is 62.0 Å². The molecule has 10 nitrogen and oxygen atoms in total. The minimum atomic E-state index is -3.27. The van der Waals surface area contributed by atoms with Crippen LogP contribution >= 0.6 is 0 Å². The summed E-state index contributed by atoms with van der Waals surface area (Å²) in [4.78, 5) is 36.7. The lowest BCUT2D eigenvalue weighted by Crippen LogP contribution is -2.28. The Labute approximate surface area is 215 Å². The fourth-order valence-electron chi connectivity index (χ4n) is 4.30. The van der Waals surface area contributed by atoms with Gasteiger partial charge in [0.05, 0.1) is 28.0 Å². The minimum absolute atomic E-state index is 0.119. The van der Waals surface area contributed by atoms with Crippen LogP contribution in [-0.4, -0.2) is 44.2 Å². The monoisotopic (exact) mass is 519 g/mol. The first-order valence-corrected chi connectivity index (χ1v) is 14.2. The van der Waals surface area contributed by atoms with Gasteiger partial charge < -0.3 is 5.32 Å². The van der Waals surface area contributed by atoms with Crippen molar-refractivity contribution in [3.8, 4) is 11.4 Å². The van der Waals surface area contributed by atoms with E-state index >= 15 is 0 Å². The zero-order valence-corrected chi connectivity index (χ0v) is 22.1. The minimum Gasteiger partial charge on any atom is -0.361 e. The molecule has 3 aromatic heterocycles. The fraction of sp³-hybridized carbons (Fsp3) is 0.385. The Kier molecular flexibility index (Phi) is 6.49. The largest absolute Gasteiger partial charge is 0.361 e. The first-order chi connectivity index (χ1) is 17.7. The lowest BCUT2D eigenvalue weighted by atomic mass is 10.1. The lowest BCUT2D eigenvalue weighted by molar-refractivity contribution is 0.526. The molecular weight excluding hydrogens is 490 g/mol. The van der Waals surface area contributed by atoms with Gasteiger partial charge in [-0.3, -0.25) is 9.36 Å². The normalized spacial score (nSPS) is 14.6. The third kappa shape index (κ3) is 4.95. The molecule has 1 saturated carbocycles. The summed E-state index contributed by atoms with van der Waals surface area (Å²) in [6.45, 7) is 6.22. The van der Waals surface area contributed by atoms with Gasteiger partial charge >= 0.3 is 0 Å². The number of nitrogens with zero attached hydrogens (tertiary/aromatic N) is 6. The average Bonchev–Trinajstić information content (AvgIpc) is 3.72. The summed E-state index contributed by atoms with van der Waals surface area (Å²) >= 11 is 0. The molecule has 0 aliphatic heterocycles.